The second-order valence-corrected chi connectivity index (χ2v) is 7.08. The Hall–Kier alpha value is -2.22. The van der Waals surface area contributed by atoms with Gasteiger partial charge in [-0.25, -0.2) is 19.3 Å². The van der Waals surface area contributed by atoms with Crippen molar-refractivity contribution in [3.05, 3.63) is 42.1 Å². The summed E-state index contributed by atoms with van der Waals surface area (Å²) < 4.78 is 18.4. The summed E-state index contributed by atoms with van der Waals surface area (Å²) in [4.78, 5) is 24.5. The van der Waals surface area contributed by atoms with E-state index in [-0.39, 0.29) is 23.4 Å². The van der Waals surface area contributed by atoms with Crippen molar-refractivity contribution in [2.45, 2.75) is 42.1 Å². The van der Waals surface area contributed by atoms with E-state index in [0.717, 1.165) is 36.9 Å². The van der Waals surface area contributed by atoms with Gasteiger partial charge in [-0.05, 0) is 37.8 Å². The Morgan fingerprint density at radius 2 is 1.96 bits per heavy atom. The molecule has 1 amide bonds. The average Bonchev–Trinajstić information content (AvgIpc) is 2.64. The predicted molar refractivity (Wildman–Crippen MR) is 92.1 cm³/mol. The zero-order valence-corrected chi connectivity index (χ0v) is 14.6. The maximum Gasteiger partial charge on any atom is 0.253 e. The molecule has 6 nitrogen and oxygen atoms in total. The number of thioether (sulfide) groups is 1. The fraction of sp³-hybridized carbons (Fsp3) is 0.412. The van der Waals surface area contributed by atoms with Crippen LogP contribution in [0, 0.1) is 5.82 Å². The fourth-order valence-corrected chi connectivity index (χ4v) is 3.84. The number of methoxy groups -OCH3 is 1. The molecule has 25 heavy (non-hydrogen) atoms. The van der Waals surface area contributed by atoms with Crippen LogP contribution in [0.3, 0.4) is 0 Å². The van der Waals surface area contributed by atoms with E-state index >= 15 is 0 Å². The molecular weight excluding hydrogens is 343 g/mol. The Labute approximate surface area is 149 Å². The van der Waals surface area contributed by atoms with Crippen LogP contribution in [0.25, 0.3) is 0 Å². The molecule has 0 unspecified atom stereocenters. The van der Waals surface area contributed by atoms with E-state index < -0.39 is 5.82 Å². The summed E-state index contributed by atoms with van der Waals surface area (Å²) in [5.41, 5.74) is 0.201. The molecule has 1 N–H and O–H groups in total. The van der Waals surface area contributed by atoms with Gasteiger partial charge in [-0.15, -0.1) is 0 Å². The molecular formula is C17H19FN4O2S. The van der Waals surface area contributed by atoms with E-state index in [4.69, 9.17) is 4.74 Å². The molecule has 0 aromatic carbocycles. The van der Waals surface area contributed by atoms with Crippen molar-refractivity contribution in [3.63, 3.8) is 0 Å². The number of carbonyl (C=O) groups is 1. The number of carbonyl (C=O) groups excluding carboxylic acids is 1. The second kappa shape index (κ2) is 8.24. The molecule has 1 aliphatic carbocycles. The van der Waals surface area contributed by atoms with E-state index in [0.29, 0.717) is 5.25 Å². The average molecular weight is 362 g/mol. The van der Waals surface area contributed by atoms with Crippen LogP contribution in [0.5, 0.6) is 5.88 Å². The molecule has 0 bridgehead atoms. The smallest absolute Gasteiger partial charge is 0.253 e. The summed E-state index contributed by atoms with van der Waals surface area (Å²) >= 11 is 1.68. The van der Waals surface area contributed by atoms with E-state index in [2.05, 4.69) is 20.3 Å². The number of pyridine rings is 1. The lowest BCUT2D eigenvalue weighted by atomic mass is 9.95. The number of rotatable bonds is 5. The highest BCUT2D eigenvalue weighted by molar-refractivity contribution is 7.99. The summed E-state index contributed by atoms with van der Waals surface area (Å²) in [6, 6.07) is 3.04. The standard InChI is InChI=1S/C17H19FN4O2S/c1-24-16-14(18)9-11(10-21-16)15(23)22-12-3-5-13(6-4-12)25-17-19-7-2-8-20-17/h2,7-10,12-13H,3-6H2,1H3,(H,22,23). The largest absolute Gasteiger partial charge is 0.479 e. The molecule has 0 spiro atoms. The van der Waals surface area contributed by atoms with Gasteiger partial charge < -0.3 is 10.1 Å². The van der Waals surface area contributed by atoms with Gasteiger partial charge in [0.2, 0.25) is 5.88 Å². The highest BCUT2D eigenvalue weighted by atomic mass is 32.2. The van der Waals surface area contributed by atoms with E-state index in [9.17, 15) is 9.18 Å². The number of hydrogen-bond donors (Lipinski definition) is 1. The van der Waals surface area contributed by atoms with E-state index in [1.807, 2.05) is 0 Å². The monoisotopic (exact) mass is 362 g/mol. The number of halogens is 1. The quantitative estimate of drug-likeness (QED) is 0.824. The first kappa shape index (κ1) is 17.6. The SMILES string of the molecule is COc1ncc(C(=O)NC2CCC(Sc3ncccn3)CC2)cc1F. The molecule has 3 rings (SSSR count). The van der Waals surface area contributed by atoms with Gasteiger partial charge in [0.25, 0.3) is 5.91 Å². The van der Waals surface area contributed by atoms with Crippen LogP contribution in [-0.4, -0.2) is 39.3 Å². The number of aromatic nitrogens is 3. The molecule has 132 valence electrons. The lowest BCUT2D eigenvalue weighted by Gasteiger charge is -2.28. The number of ether oxygens (including phenoxy) is 1. The number of nitrogens with zero attached hydrogens (tertiary/aromatic N) is 3. The Balaban J connectivity index is 1.50. The first-order valence-corrected chi connectivity index (χ1v) is 8.97. The molecule has 1 saturated carbocycles. The molecule has 0 atom stereocenters. The Kier molecular flexibility index (Phi) is 5.80. The zero-order valence-electron chi connectivity index (χ0n) is 13.8. The highest BCUT2D eigenvalue weighted by Gasteiger charge is 2.24. The molecule has 0 aliphatic heterocycles. The minimum absolute atomic E-state index is 0.0891. The molecule has 2 heterocycles. The van der Waals surface area contributed by atoms with Gasteiger partial charge in [0, 0.05) is 29.9 Å². The number of amides is 1. The molecule has 8 heteroatoms. The van der Waals surface area contributed by atoms with Crippen LogP contribution in [0.4, 0.5) is 4.39 Å². The Bertz CT molecular complexity index is 724. The molecule has 1 fully saturated rings. The van der Waals surface area contributed by atoms with Crippen molar-refractivity contribution in [1.29, 1.82) is 0 Å². The summed E-state index contributed by atoms with van der Waals surface area (Å²) in [7, 11) is 1.34. The molecule has 0 saturated heterocycles. The van der Waals surface area contributed by atoms with Crippen LogP contribution in [0.2, 0.25) is 0 Å². The van der Waals surface area contributed by atoms with Crippen LogP contribution in [0.1, 0.15) is 36.0 Å². The summed E-state index contributed by atoms with van der Waals surface area (Å²) in [6.45, 7) is 0. The van der Waals surface area contributed by atoms with E-state index in [1.54, 1.807) is 30.2 Å². The number of hydrogen-bond acceptors (Lipinski definition) is 6. The molecule has 0 radical (unpaired) electrons. The van der Waals surface area contributed by atoms with Crippen LogP contribution in [-0.2, 0) is 0 Å². The number of nitrogens with one attached hydrogen (secondary N) is 1. The molecule has 1 aliphatic rings. The maximum atomic E-state index is 13.7. The van der Waals surface area contributed by atoms with Crippen LogP contribution in [0.15, 0.2) is 35.9 Å². The van der Waals surface area contributed by atoms with Gasteiger partial charge in [-0.1, -0.05) is 11.8 Å². The topological polar surface area (TPSA) is 77.0 Å². The third-order valence-electron chi connectivity index (χ3n) is 4.09. The van der Waals surface area contributed by atoms with Gasteiger partial charge in [0.15, 0.2) is 11.0 Å². The van der Waals surface area contributed by atoms with Crippen molar-refractivity contribution in [3.8, 4) is 5.88 Å². The van der Waals surface area contributed by atoms with Crippen molar-refractivity contribution in [2.75, 3.05) is 7.11 Å². The summed E-state index contributed by atoms with van der Waals surface area (Å²) in [5, 5.41) is 4.20. The van der Waals surface area contributed by atoms with Gasteiger partial charge in [0.05, 0.1) is 12.7 Å². The lowest BCUT2D eigenvalue weighted by Crippen LogP contribution is -2.38. The Morgan fingerprint density at radius 1 is 1.24 bits per heavy atom. The zero-order chi connectivity index (χ0) is 17.6. The summed E-state index contributed by atoms with van der Waals surface area (Å²) in [5.74, 6) is -1.06. The third-order valence-corrected chi connectivity index (χ3v) is 5.31. The van der Waals surface area contributed by atoms with Crippen molar-refractivity contribution in [2.24, 2.45) is 0 Å². The highest BCUT2D eigenvalue weighted by Crippen LogP contribution is 2.31. The van der Waals surface area contributed by atoms with Crippen molar-refractivity contribution >= 4 is 17.7 Å². The first-order chi connectivity index (χ1) is 12.2. The van der Waals surface area contributed by atoms with Gasteiger partial charge in [-0.2, -0.15) is 0 Å². The lowest BCUT2D eigenvalue weighted by molar-refractivity contribution is 0.0927. The first-order valence-electron chi connectivity index (χ1n) is 8.10. The predicted octanol–water partition coefficient (Wildman–Crippen LogP) is 2.85. The van der Waals surface area contributed by atoms with Crippen molar-refractivity contribution < 1.29 is 13.9 Å². The maximum absolute atomic E-state index is 13.7. The molecule has 2 aromatic heterocycles. The normalized spacial score (nSPS) is 20.1. The Morgan fingerprint density at radius 3 is 2.60 bits per heavy atom. The minimum atomic E-state index is -0.641. The third kappa shape index (κ3) is 4.66. The van der Waals surface area contributed by atoms with E-state index in [1.165, 1.54) is 13.3 Å². The van der Waals surface area contributed by atoms with Crippen molar-refractivity contribution in [1.82, 2.24) is 20.3 Å². The minimum Gasteiger partial charge on any atom is -0.479 e. The fourth-order valence-electron chi connectivity index (χ4n) is 2.79. The van der Waals surface area contributed by atoms with Gasteiger partial charge in [-0.3, -0.25) is 4.79 Å². The van der Waals surface area contributed by atoms with Crippen LogP contribution < -0.4 is 10.1 Å². The molecule has 2 aromatic rings. The van der Waals surface area contributed by atoms with Crippen LogP contribution >= 0.6 is 11.8 Å². The second-order valence-electron chi connectivity index (χ2n) is 5.81. The van der Waals surface area contributed by atoms with Gasteiger partial charge >= 0.3 is 0 Å². The van der Waals surface area contributed by atoms with Gasteiger partial charge in [0.1, 0.15) is 0 Å². The summed E-state index contributed by atoms with van der Waals surface area (Å²) in [6.07, 6.45) is 8.51.